The summed E-state index contributed by atoms with van der Waals surface area (Å²) in [5.74, 6) is -1.97. The van der Waals surface area contributed by atoms with Crippen molar-refractivity contribution in [3.8, 4) is 0 Å². The summed E-state index contributed by atoms with van der Waals surface area (Å²) in [6.07, 6.45) is -0.191. The number of nitrogens with one attached hydrogen (secondary N) is 1. The first kappa shape index (κ1) is 20.4. The first-order valence-electron chi connectivity index (χ1n) is 8.59. The zero-order chi connectivity index (χ0) is 20.2. The minimum absolute atomic E-state index is 0.117. The summed E-state index contributed by atoms with van der Waals surface area (Å²) < 4.78 is 9.96. The predicted octanol–water partition coefficient (Wildman–Crippen LogP) is 1.42. The number of urea groups is 1. The number of rotatable bonds is 6. The van der Waals surface area contributed by atoms with Gasteiger partial charge in [-0.15, -0.1) is 0 Å². The van der Waals surface area contributed by atoms with Gasteiger partial charge >= 0.3 is 18.0 Å². The second-order valence-electron chi connectivity index (χ2n) is 7.23. The molecule has 2 atom stereocenters. The van der Waals surface area contributed by atoms with Crippen LogP contribution in [0.2, 0.25) is 0 Å². The topological polar surface area (TPSA) is 102 Å². The van der Waals surface area contributed by atoms with Crippen LogP contribution >= 0.6 is 0 Å². The third-order valence-electron chi connectivity index (χ3n) is 3.90. The summed E-state index contributed by atoms with van der Waals surface area (Å²) in [6.45, 7) is 5.12. The number of hydrogen-bond donors (Lipinski definition) is 1. The van der Waals surface area contributed by atoms with Gasteiger partial charge in [-0.25, -0.2) is 14.5 Å². The summed E-state index contributed by atoms with van der Waals surface area (Å²) in [6, 6.07) is 6.05. The van der Waals surface area contributed by atoms with Crippen molar-refractivity contribution in [1.29, 1.82) is 0 Å². The van der Waals surface area contributed by atoms with Crippen molar-refractivity contribution in [3.05, 3.63) is 35.9 Å². The fourth-order valence-electron chi connectivity index (χ4n) is 2.79. The maximum absolute atomic E-state index is 12.7. The summed E-state index contributed by atoms with van der Waals surface area (Å²) >= 11 is 0. The average Bonchev–Trinajstić information content (AvgIpc) is 2.85. The van der Waals surface area contributed by atoms with E-state index in [0.717, 1.165) is 10.5 Å². The van der Waals surface area contributed by atoms with Crippen molar-refractivity contribution >= 4 is 23.9 Å². The fourth-order valence-corrected chi connectivity index (χ4v) is 2.79. The number of carbonyl (C=O) groups is 4. The van der Waals surface area contributed by atoms with Crippen LogP contribution in [0.25, 0.3) is 0 Å². The summed E-state index contributed by atoms with van der Waals surface area (Å²) in [5, 5.41) is 2.44. The molecule has 0 aliphatic carbocycles. The van der Waals surface area contributed by atoms with Gasteiger partial charge in [0, 0.05) is 6.42 Å². The molecular weight excluding hydrogens is 352 g/mol. The van der Waals surface area contributed by atoms with E-state index in [1.807, 2.05) is 6.07 Å². The molecule has 0 unspecified atom stereocenters. The summed E-state index contributed by atoms with van der Waals surface area (Å²) in [4.78, 5) is 50.1. The van der Waals surface area contributed by atoms with Crippen LogP contribution in [0.3, 0.4) is 0 Å². The van der Waals surface area contributed by atoms with Crippen LogP contribution in [0.15, 0.2) is 30.3 Å². The monoisotopic (exact) mass is 376 g/mol. The number of imide groups is 1. The number of amides is 3. The van der Waals surface area contributed by atoms with Gasteiger partial charge in [-0.05, 0) is 26.3 Å². The van der Waals surface area contributed by atoms with Crippen LogP contribution < -0.4 is 5.32 Å². The molecule has 27 heavy (non-hydrogen) atoms. The highest BCUT2D eigenvalue weighted by Gasteiger charge is 2.46. The third-order valence-corrected chi connectivity index (χ3v) is 3.90. The smallest absolute Gasteiger partial charge is 0.329 e. The maximum Gasteiger partial charge on any atom is 0.329 e. The van der Waals surface area contributed by atoms with Gasteiger partial charge in [-0.1, -0.05) is 30.3 Å². The Bertz CT molecular complexity index is 725. The summed E-state index contributed by atoms with van der Waals surface area (Å²) in [7, 11) is 1.19. The Morgan fingerprint density at radius 1 is 1.19 bits per heavy atom. The van der Waals surface area contributed by atoms with Crippen molar-refractivity contribution < 1.29 is 28.7 Å². The van der Waals surface area contributed by atoms with Gasteiger partial charge in [-0.2, -0.15) is 0 Å². The zero-order valence-electron chi connectivity index (χ0n) is 15.9. The normalized spacial score (nSPS) is 18.1. The Labute approximate surface area is 157 Å². The van der Waals surface area contributed by atoms with Crippen molar-refractivity contribution in [1.82, 2.24) is 10.2 Å². The highest BCUT2D eigenvalue weighted by Crippen LogP contribution is 2.19. The molecule has 1 aliphatic heterocycles. The molecule has 0 spiro atoms. The van der Waals surface area contributed by atoms with Gasteiger partial charge < -0.3 is 14.8 Å². The lowest BCUT2D eigenvalue weighted by Crippen LogP contribution is -2.47. The maximum atomic E-state index is 12.7. The van der Waals surface area contributed by atoms with Gasteiger partial charge in [0.1, 0.15) is 17.7 Å². The number of carbonyl (C=O) groups excluding carboxylic acids is 4. The standard InChI is InChI=1S/C19H24N2O6/c1-19(2,3)27-15(22)11-13-16(23)21(18(25)20-13)14(17(24)26-4)10-12-8-6-5-7-9-12/h5-9,13-14H,10-11H2,1-4H3,(H,20,25)/t13-,14-/m0/s1. The number of nitrogens with zero attached hydrogens (tertiary/aromatic N) is 1. The largest absolute Gasteiger partial charge is 0.467 e. The number of esters is 2. The van der Waals surface area contributed by atoms with Crippen molar-refractivity contribution in [2.45, 2.75) is 51.3 Å². The molecule has 0 saturated carbocycles. The first-order chi connectivity index (χ1) is 12.6. The number of ether oxygens (including phenoxy) is 2. The lowest BCUT2D eigenvalue weighted by molar-refractivity contribution is -0.156. The van der Waals surface area contributed by atoms with E-state index in [9.17, 15) is 19.2 Å². The second kappa shape index (κ2) is 8.20. The minimum atomic E-state index is -1.12. The quantitative estimate of drug-likeness (QED) is 0.595. The molecule has 146 valence electrons. The molecule has 1 heterocycles. The Balaban J connectivity index is 2.16. The first-order valence-corrected chi connectivity index (χ1v) is 8.59. The van der Waals surface area contributed by atoms with E-state index < -0.39 is 41.6 Å². The Morgan fingerprint density at radius 3 is 2.37 bits per heavy atom. The highest BCUT2D eigenvalue weighted by molar-refractivity contribution is 6.08. The molecule has 8 nitrogen and oxygen atoms in total. The Kier molecular flexibility index (Phi) is 6.20. The van der Waals surface area contributed by atoms with Crippen LogP contribution in [0.1, 0.15) is 32.8 Å². The van der Waals surface area contributed by atoms with Gasteiger partial charge in [0.05, 0.1) is 13.5 Å². The lowest BCUT2D eigenvalue weighted by atomic mass is 10.0. The highest BCUT2D eigenvalue weighted by atomic mass is 16.6. The number of methoxy groups -OCH3 is 1. The predicted molar refractivity (Wildman–Crippen MR) is 95.6 cm³/mol. The molecule has 1 aromatic rings. The summed E-state index contributed by atoms with van der Waals surface area (Å²) in [5.41, 5.74) is 0.0636. The van der Waals surface area contributed by atoms with E-state index in [1.54, 1.807) is 45.0 Å². The number of hydrogen-bond acceptors (Lipinski definition) is 6. The second-order valence-corrected chi connectivity index (χ2v) is 7.23. The van der Waals surface area contributed by atoms with Crippen LogP contribution in [0.4, 0.5) is 4.79 Å². The van der Waals surface area contributed by atoms with Crippen LogP contribution in [0, 0.1) is 0 Å². The molecule has 0 bridgehead atoms. The molecule has 1 N–H and O–H groups in total. The lowest BCUT2D eigenvalue weighted by Gasteiger charge is -2.23. The van der Waals surface area contributed by atoms with E-state index in [1.165, 1.54) is 7.11 Å². The molecule has 0 radical (unpaired) electrons. The van der Waals surface area contributed by atoms with E-state index in [4.69, 9.17) is 9.47 Å². The van der Waals surface area contributed by atoms with Gasteiger partial charge in [0.15, 0.2) is 0 Å². The molecule has 1 aromatic carbocycles. The molecule has 8 heteroatoms. The molecule has 1 fully saturated rings. The van der Waals surface area contributed by atoms with Crippen molar-refractivity contribution in [2.24, 2.45) is 0 Å². The van der Waals surface area contributed by atoms with Crippen LogP contribution in [0.5, 0.6) is 0 Å². The average molecular weight is 376 g/mol. The van der Waals surface area contributed by atoms with Gasteiger partial charge in [0.2, 0.25) is 0 Å². The Morgan fingerprint density at radius 2 is 1.81 bits per heavy atom. The van der Waals surface area contributed by atoms with Crippen LogP contribution in [-0.4, -0.2) is 53.6 Å². The fraction of sp³-hybridized carbons (Fsp3) is 0.474. The SMILES string of the molecule is COC(=O)[C@H](Cc1ccccc1)N1C(=O)N[C@@H](CC(=O)OC(C)(C)C)C1=O. The molecule has 2 rings (SSSR count). The van der Waals surface area contributed by atoms with E-state index in [0.29, 0.717) is 0 Å². The van der Waals surface area contributed by atoms with Gasteiger partial charge in [0.25, 0.3) is 5.91 Å². The zero-order valence-corrected chi connectivity index (χ0v) is 15.9. The molecule has 1 aliphatic rings. The van der Waals surface area contributed by atoms with E-state index >= 15 is 0 Å². The molecular formula is C19H24N2O6. The Hall–Kier alpha value is -2.90. The van der Waals surface area contributed by atoms with E-state index in [-0.39, 0.29) is 12.8 Å². The van der Waals surface area contributed by atoms with Crippen LogP contribution in [-0.2, 0) is 30.3 Å². The number of benzene rings is 1. The van der Waals surface area contributed by atoms with Crippen molar-refractivity contribution in [2.75, 3.05) is 7.11 Å². The van der Waals surface area contributed by atoms with Crippen molar-refractivity contribution in [3.63, 3.8) is 0 Å². The third kappa shape index (κ3) is 5.29. The van der Waals surface area contributed by atoms with E-state index in [2.05, 4.69) is 5.32 Å². The molecule has 1 saturated heterocycles. The van der Waals surface area contributed by atoms with Gasteiger partial charge in [-0.3, -0.25) is 9.59 Å². The minimum Gasteiger partial charge on any atom is -0.467 e. The molecule has 3 amide bonds. The molecule has 0 aromatic heterocycles.